The molecule has 0 saturated heterocycles. The van der Waals surface area contributed by atoms with Crippen molar-refractivity contribution in [1.29, 1.82) is 0 Å². The molecule has 2 aromatic heterocycles. The predicted molar refractivity (Wildman–Crippen MR) is 87.7 cm³/mol. The summed E-state index contributed by atoms with van der Waals surface area (Å²) >= 11 is 0. The van der Waals surface area contributed by atoms with Gasteiger partial charge in [-0.1, -0.05) is 0 Å². The van der Waals surface area contributed by atoms with Gasteiger partial charge in [-0.25, -0.2) is 9.97 Å². The van der Waals surface area contributed by atoms with Crippen LogP contribution in [0.2, 0.25) is 0 Å². The Balaban J connectivity index is 2.13. The number of fused-ring (bicyclic) bond motifs is 1. The summed E-state index contributed by atoms with van der Waals surface area (Å²) in [5.74, 6) is 0.877. The summed E-state index contributed by atoms with van der Waals surface area (Å²) in [6, 6.07) is 7.81. The topological polar surface area (TPSA) is 59.8 Å². The fraction of sp³-hybridized carbons (Fsp3) is 0.235. The lowest BCUT2D eigenvalue weighted by molar-refractivity contribution is -0.114. The zero-order valence-electron chi connectivity index (χ0n) is 13.1. The molecule has 0 spiro atoms. The first-order valence-electron chi connectivity index (χ1n) is 7.13. The van der Waals surface area contributed by atoms with Gasteiger partial charge in [0.1, 0.15) is 5.82 Å². The number of hydrogen-bond donors (Lipinski definition) is 1. The average molecular weight is 294 g/mol. The third-order valence-electron chi connectivity index (χ3n) is 3.82. The van der Waals surface area contributed by atoms with Crippen LogP contribution in [0.15, 0.2) is 30.5 Å². The van der Waals surface area contributed by atoms with Crippen molar-refractivity contribution < 1.29 is 4.79 Å². The van der Waals surface area contributed by atoms with Gasteiger partial charge in [-0.2, -0.15) is 0 Å². The van der Waals surface area contributed by atoms with Crippen molar-refractivity contribution in [2.45, 2.75) is 20.8 Å². The van der Waals surface area contributed by atoms with E-state index >= 15 is 0 Å². The number of nitrogens with zero attached hydrogens (tertiary/aromatic N) is 3. The Morgan fingerprint density at radius 2 is 2.00 bits per heavy atom. The minimum atomic E-state index is -0.0769. The molecule has 1 N–H and O–H groups in total. The molecule has 22 heavy (non-hydrogen) atoms. The summed E-state index contributed by atoms with van der Waals surface area (Å²) < 4.78 is 2.03. The van der Waals surface area contributed by atoms with Crippen LogP contribution >= 0.6 is 0 Å². The first-order chi connectivity index (χ1) is 10.5. The van der Waals surface area contributed by atoms with Crippen LogP contribution in [0.3, 0.4) is 0 Å². The van der Waals surface area contributed by atoms with E-state index in [0.29, 0.717) is 0 Å². The highest BCUT2D eigenvalue weighted by molar-refractivity contribution is 5.93. The van der Waals surface area contributed by atoms with Gasteiger partial charge in [-0.15, -0.1) is 0 Å². The second kappa shape index (κ2) is 5.26. The van der Waals surface area contributed by atoms with Crippen molar-refractivity contribution in [2.24, 2.45) is 7.05 Å². The lowest BCUT2D eigenvalue weighted by Crippen LogP contribution is -2.05. The van der Waals surface area contributed by atoms with Crippen LogP contribution in [0, 0.1) is 13.8 Å². The van der Waals surface area contributed by atoms with Gasteiger partial charge in [0.05, 0.1) is 23.1 Å². The minimum Gasteiger partial charge on any atom is -0.330 e. The summed E-state index contributed by atoms with van der Waals surface area (Å²) in [7, 11) is 1.98. The normalized spacial score (nSPS) is 10.9. The van der Waals surface area contributed by atoms with Crippen LogP contribution in [0.5, 0.6) is 0 Å². The van der Waals surface area contributed by atoms with E-state index in [1.807, 2.05) is 49.9 Å². The molecule has 3 rings (SSSR count). The van der Waals surface area contributed by atoms with Gasteiger partial charge in [0.2, 0.25) is 5.91 Å². The fourth-order valence-electron chi connectivity index (χ4n) is 2.55. The number of nitrogens with one attached hydrogen (secondary N) is 1. The first-order valence-corrected chi connectivity index (χ1v) is 7.13. The van der Waals surface area contributed by atoms with Crippen LogP contribution in [-0.2, 0) is 11.8 Å². The van der Waals surface area contributed by atoms with E-state index in [2.05, 4.69) is 16.4 Å². The highest BCUT2D eigenvalue weighted by Crippen LogP contribution is 2.26. The van der Waals surface area contributed by atoms with E-state index in [1.54, 1.807) is 0 Å². The molecule has 5 nitrogen and oxygen atoms in total. The summed E-state index contributed by atoms with van der Waals surface area (Å²) in [5, 5.41) is 3.84. The number of hydrogen-bond acceptors (Lipinski definition) is 3. The fourth-order valence-corrected chi connectivity index (χ4v) is 2.55. The molecule has 0 saturated carbocycles. The molecule has 0 radical (unpaired) electrons. The Bertz CT molecular complexity index is 880. The average Bonchev–Trinajstić information content (AvgIpc) is 2.79. The number of aromatic nitrogens is 3. The van der Waals surface area contributed by atoms with E-state index in [4.69, 9.17) is 4.98 Å². The number of anilines is 1. The van der Waals surface area contributed by atoms with Gasteiger partial charge in [0.15, 0.2) is 0 Å². The van der Waals surface area contributed by atoms with Gasteiger partial charge in [0, 0.05) is 25.0 Å². The van der Waals surface area contributed by atoms with Gasteiger partial charge in [0.25, 0.3) is 0 Å². The van der Waals surface area contributed by atoms with Crippen molar-refractivity contribution >= 4 is 22.5 Å². The Labute approximate surface area is 129 Å². The Hall–Kier alpha value is -2.69. The van der Waals surface area contributed by atoms with Crippen molar-refractivity contribution in [1.82, 2.24) is 14.5 Å². The number of benzene rings is 1. The van der Waals surface area contributed by atoms with E-state index in [-0.39, 0.29) is 5.91 Å². The highest BCUT2D eigenvalue weighted by atomic mass is 16.1. The maximum absolute atomic E-state index is 11.2. The lowest BCUT2D eigenvalue weighted by Gasteiger charge is -2.09. The number of imidazole rings is 1. The van der Waals surface area contributed by atoms with Crippen LogP contribution in [-0.4, -0.2) is 20.4 Å². The number of amides is 1. The number of pyridine rings is 1. The molecule has 0 unspecified atom stereocenters. The van der Waals surface area contributed by atoms with E-state index < -0.39 is 0 Å². The third kappa shape index (κ3) is 2.45. The summed E-state index contributed by atoms with van der Waals surface area (Å²) in [5.41, 5.74) is 4.71. The van der Waals surface area contributed by atoms with Gasteiger partial charge < -0.3 is 9.88 Å². The molecule has 0 aliphatic carbocycles. The van der Waals surface area contributed by atoms with Crippen LogP contribution < -0.4 is 5.32 Å². The maximum Gasteiger partial charge on any atom is 0.221 e. The molecular formula is C17H18N4O. The SMILES string of the molecule is CC(=O)Nc1ccc2nc(-c3cnc(C)n3C)cc(C)c2c1. The summed E-state index contributed by atoms with van der Waals surface area (Å²) in [6.07, 6.45) is 1.84. The lowest BCUT2D eigenvalue weighted by atomic mass is 10.1. The molecule has 0 atom stereocenters. The monoisotopic (exact) mass is 294 g/mol. The van der Waals surface area contributed by atoms with Gasteiger partial charge in [-0.05, 0) is 43.7 Å². The Kier molecular flexibility index (Phi) is 3.41. The molecule has 2 heterocycles. The zero-order chi connectivity index (χ0) is 15.9. The van der Waals surface area contributed by atoms with Crippen molar-refractivity contribution in [3.8, 4) is 11.4 Å². The van der Waals surface area contributed by atoms with Gasteiger partial charge in [-0.3, -0.25) is 4.79 Å². The van der Waals surface area contributed by atoms with Crippen molar-refractivity contribution in [3.63, 3.8) is 0 Å². The molecule has 5 heteroatoms. The Morgan fingerprint density at radius 3 is 2.64 bits per heavy atom. The highest BCUT2D eigenvalue weighted by Gasteiger charge is 2.10. The van der Waals surface area contributed by atoms with Crippen LogP contribution in [0.1, 0.15) is 18.3 Å². The molecule has 0 aliphatic heterocycles. The molecule has 1 amide bonds. The quantitative estimate of drug-likeness (QED) is 0.789. The number of carbonyl (C=O) groups is 1. The predicted octanol–water partition coefficient (Wildman–Crippen LogP) is 3.21. The molecule has 112 valence electrons. The van der Waals surface area contributed by atoms with E-state index in [0.717, 1.165) is 39.4 Å². The second-order valence-electron chi connectivity index (χ2n) is 5.49. The molecule has 0 fully saturated rings. The molecular weight excluding hydrogens is 276 g/mol. The van der Waals surface area contributed by atoms with Gasteiger partial charge >= 0.3 is 0 Å². The van der Waals surface area contributed by atoms with E-state index in [1.165, 1.54) is 6.92 Å². The summed E-state index contributed by atoms with van der Waals surface area (Å²) in [4.78, 5) is 20.2. The van der Waals surface area contributed by atoms with Crippen LogP contribution in [0.25, 0.3) is 22.3 Å². The minimum absolute atomic E-state index is 0.0769. The number of carbonyl (C=O) groups excluding carboxylic acids is 1. The number of aryl methyl sites for hydroxylation is 2. The van der Waals surface area contributed by atoms with E-state index in [9.17, 15) is 4.79 Å². The van der Waals surface area contributed by atoms with Crippen LogP contribution in [0.4, 0.5) is 5.69 Å². The summed E-state index contributed by atoms with van der Waals surface area (Å²) in [6.45, 7) is 5.52. The maximum atomic E-state index is 11.2. The smallest absolute Gasteiger partial charge is 0.221 e. The molecule has 1 aromatic carbocycles. The number of rotatable bonds is 2. The largest absolute Gasteiger partial charge is 0.330 e. The second-order valence-corrected chi connectivity index (χ2v) is 5.49. The van der Waals surface area contributed by atoms with Crippen molar-refractivity contribution in [2.75, 3.05) is 5.32 Å². The molecule has 3 aromatic rings. The van der Waals surface area contributed by atoms with Crippen molar-refractivity contribution in [3.05, 3.63) is 41.9 Å². The molecule has 0 bridgehead atoms. The standard InChI is InChI=1S/C17H18N4O/c1-10-7-16(17-9-18-11(2)21(17)4)20-15-6-5-13(8-14(10)15)19-12(3)22/h5-9H,1-4H3,(H,19,22). The Morgan fingerprint density at radius 1 is 1.23 bits per heavy atom. The molecule has 0 aliphatic rings. The zero-order valence-corrected chi connectivity index (χ0v) is 13.1. The first kappa shape index (κ1) is 14.3. The third-order valence-corrected chi connectivity index (χ3v) is 3.82.